The molecule has 186 valence electrons. The van der Waals surface area contributed by atoms with E-state index in [1.54, 1.807) is 43.3 Å². The zero-order chi connectivity index (χ0) is 25.6. The lowest BCUT2D eigenvalue weighted by molar-refractivity contribution is -0.139. The molecular formula is C27H25ClN2O6. The van der Waals surface area contributed by atoms with Crippen molar-refractivity contribution in [2.75, 3.05) is 23.5 Å². The van der Waals surface area contributed by atoms with Gasteiger partial charge in [-0.25, -0.2) is 4.90 Å². The van der Waals surface area contributed by atoms with E-state index < -0.39 is 11.9 Å². The fourth-order valence-electron chi connectivity index (χ4n) is 5.15. The minimum atomic E-state index is -0.668. The Hall–Kier alpha value is -3.65. The lowest BCUT2D eigenvalue weighted by Gasteiger charge is -2.20. The van der Waals surface area contributed by atoms with Gasteiger partial charge in [-0.05, 0) is 61.7 Å². The number of allylic oxidation sites excluding steroid dienone is 2. The van der Waals surface area contributed by atoms with Crippen molar-refractivity contribution in [1.29, 1.82) is 0 Å². The third kappa shape index (κ3) is 4.15. The molecule has 36 heavy (non-hydrogen) atoms. The van der Waals surface area contributed by atoms with Crippen molar-refractivity contribution in [2.45, 2.75) is 26.2 Å². The Morgan fingerprint density at radius 2 is 1.67 bits per heavy atom. The first-order valence-electron chi connectivity index (χ1n) is 11.8. The fraction of sp³-hybridized carbons (Fsp3) is 0.333. The van der Waals surface area contributed by atoms with Crippen molar-refractivity contribution in [2.24, 2.45) is 17.8 Å². The first-order chi connectivity index (χ1) is 17.3. The monoisotopic (exact) mass is 508 g/mol. The molecule has 1 aliphatic carbocycles. The summed E-state index contributed by atoms with van der Waals surface area (Å²) < 4.78 is 10.9. The number of benzene rings is 2. The lowest BCUT2D eigenvalue weighted by Crippen LogP contribution is -2.31. The molecule has 5 rings (SSSR count). The summed E-state index contributed by atoms with van der Waals surface area (Å²) >= 11 is 6.10. The Morgan fingerprint density at radius 1 is 0.972 bits per heavy atom. The van der Waals surface area contributed by atoms with E-state index in [0.29, 0.717) is 40.6 Å². The molecule has 2 aliphatic heterocycles. The molecular weight excluding hydrogens is 484 g/mol. The highest BCUT2D eigenvalue weighted by Crippen LogP contribution is 2.40. The Bertz CT molecular complexity index is 1280. The standard InChI is InChI=1S/C27H25ClN2O6/c1-15-11-18(8-9-21(15)30-25(32)19-5-3-4-6-20(19)26(30)33)36-27(34)16-12-24(31)29(14-16)22-13-17(28)7-10-23(22)35-2/h3-4,7-11,13,16,19-20H,5-6,12,14H2,1-2H3/t16-,19-,20+/m0/s1. The SMILES string of the molecule is COc1ccc(Cl)cc1N1C[C@@H](C(=O)Oc2ccc(N3C(=O)[C@H]4CC=CC[C@H]4C3=O)c(C)c2)CC1=O. The van der Waals surface area contributed by atoms with Crippen LogP contribution in [0, 0.1) is 24.7 Å². The topological polar surface area (TPSA) is 93.2 Å². The maximum Gasteiger partial charge on any atom is 0.316 e. The van der Waals surface area contributed by atoms with E-state index >= 15 is 0 Å². The average molecular weight is 509 g/mol. The Labute approximate surface area is 213 Å². The molecule has 2 saturated heterocycles. The molecule has 2 heterocycles. The first-order valence-corrected chi connectivity index (χ1v) is 12.2. The van der Waals surface area contributed by atoms with Gasteiger partial charge in [0.1, 0.15) is 11.5 Å². The van der Waals surface area contributed by atoms with Crippen molar-refractivity contribution in [1.82, 2.24) is 0 Å². The van der Waals surface area contributed by atoms with E-state index in [1.807, 2.05) is 12.2 Å². The van der Waals surface area contributed by atoms with Crippen molar-refractivity contribution >= 4 is 46.7 Å². The summed E-state index contributed by atoms with van der Waals surface area (Å²) in [4.78, 5) is 54.2. The van der Waals surface area contributed by atoms with E-state index in [1.165, 1.54) is 16.9 Å². The molecule has 3 aliphatic rings. The molecule has 0 saturated carbocycles. The number of fused-ring (bicyclic) bond motifs is 1. The van der Waals surface area contributed by atoms with E-state index in [2.05, 4.69) is 0 Å². The van der Waals surface area contributed by atoms with Gasteiger partial charge in [0, 0.05) is 18.0 Å². The van der Waals surface area contributed by atoms with Crippen molar-refractivity contribution in [3.05, 3.63) is 59.1 Å². The number of hydrogen-bond acceptors (Lipinski definition) is 6. The van der Waals surface area contributed by atoms with Crippen LogP contribution in [0.2, 0.25) is 5.02 Å². The predicted molar refractivity (Wildman–Crippen MR) is 133 cm³/mol. The number of esters is 1. The van der Waals surface area contributed by atoms with Gasteiger partial charge >= 0.3 is 5.97 Å². The maximum atomic E-state index is 12.9. The number of anilines is 2. The molecule has 2 fully saturated rings. The van der Waals surface area contributed by atoms with E-state index in [9.17, 15) is 19.2 Å². The van der Waals surface area contributed by atoms with Gasteiger partial charge in [0.2, 0.25) is 17.7 Å². The molecule has 0 spiro atoms. The highest BCUT2D eigenvalue weighted by atomic mass is 35.5. The molecule has 2 aromatic rings. The smallest absolute Gasteiger partial charge is 0.316 e. The van der Waals surface area contributed by atoms with Crippen LogP contribution in [0.15, 0.2) is 48.6 Å². The molecule has 0 radical (unpaired) electrons. The second-order valence-electron chi connectivity index (χ2n) is 9.26. The number of rotatable bonds is 5. The van der Waals surface area contributed by atoms with E-state index in [-0.39, 0.29) is 48.3 Å². The Kier molecular flexibility index (Phi) is 6.30. The van der Waals surface area contributed by atoms with Gasteiger partial charge in [-0.2, -0.15) is 0 Å². The number of halogens is 1. The summed E-state index contributed by atoms with van der Waals surface area (Å²) in [7, 11) is 1.50. The van der Waals surface area contributed by atoms with Crippen molar-refractivity contribution in [3.8, 4) is 11.5 Å². The summed E-state index contributed by atoms with van der Waals surface area (Å²) in [6.45, 7) is 1.90. The van der Waals surface area contributed by atoms with Crippen LogP contribution in [0.1, 0.15) is 24.8 Å². The molecule has 8 nitrogen and oxygen atoms in total. The summed E-state index contributed by atoms with van der Waals surface area (Å²) in [5.74, 6) is -1.69. The van der Waals surface area contributed by atoms with E-state index in [4.69, 9.17) is 21.1 Å². The van der Waals surface area contributed by atoms with Gasteiger partial charge in [-0.1, -0.05) is 23.8 Å². The Balaban J connectivity index is 1.29. The number of nitrogens with zero attached hydrogens (tertiary/aromatic N) is 2. The van der Waals surface area contributed by atoms with Crippen LogP contribution in [-0.4, -0.2) is 37.3 Å². The molecule has 0 N–H and O–H groups in total. The highest BCUT2D eigenvalue weighted by molar-refractivity contribution is 6.31. The first kappa shape index (κ1) is 24.1. The number of carbonyl (C=O) groups excluding carboxylic acids is 4. The normalized spacial score (nSPS) is 23.3. The third-order valence-corrected chi connectivity index (χ3v) is 7.26. The minimum absolute atomic E-state index is 0.000833. The van der Waals surface area contributed by atoms with Crippen LogP contribution in [0.5, 0.6) is 11.5 Å². The number of amides is 3. The average Bonchev–Trinajstić information content (AvgIpc) is 3.37. The van der Waals surface area contributed by atoms with Gasteiger partial charge in [-0.3, -0.25) is 19.2 Å². The van der Waals surface area contributed by atoms with Crippen LogP contribution in [-0.2, 0) is 19.2 Å². The zero-order valence-electron chi connectivity index (χ0n) is 19.9. The minimum Gasteiger partial charge on any atom is -0.495 e. The maximum absolute atomic E-state index is 12.9. The van der Waals surface area contributed by atoms with Crippen LogP contribution >= 0.6 is 11.6 Å². The van der Waals surface area contributed by atoms with Crippen LogP contribution in [0.3, 0.4) is 0 Å². The quantitative estimate of drug-likeness (QED) is 0.261. The second-order valence-corrected chi connectivity index (χ2v) is 9.70. The van der Waals surface area contributed by atoms with Crippen molar-refractivity contribution in [3.63, 3.8) is 0 Å². The van der Waals surface area contributed by atoms with Crippen LogP contribution in [0.4, 0.5) is 11.4 Å². The second kappa shape index (κ2) is 9.43. The largest absolute Gasteiger partial charge is 0.495 e. The van der Waals surface area contributed by atoms with E-state index in [0.717, 1.165) is 0 Å². The Morgan fingerprint density at radius 3 is 2.31 bits per heavy atom. The third-order valence-electron chi connectivity index (χ3n) is 7.03. The van der Waals surface area contributed by atoms with Gasteiger partial charge < -0.3 is 14.4 Å². The lowest BCUT2D eigenvalue weighted by atomic mass is 9.85. The van der Waals surface area contributed by atoms with Gasteiger partial charge in [0.15, 0.2) is 0 Å². The summed E-state index contributed by atoms with van der Waals surface area (Å²) in [5, 5.41) is 0.450. The number of methoxy groups -OCH3 is 1. The van der Waals surface area contributed by atoms with Gasteiger partial charge in [0.25, 0.3) is 0 Å². The molecule has 9 heteroatoms. The van der Waals surface area contributed by atoms with Gasteiger partial charge in [-0.15, -0.1) is 0 Å². The molecule has 2 aromatic carbocycles. The molecule has 0 aromatic heterocycles. The van der Waals surface area contributed by atoms with Crippen LogP contribution < -0.4 is 19.3 Å². The number of aryl methyl sites for hydroxylation is 1. The zero-order valence-corrected chi connectivity index (χ0v) is 20.7. The summed E-state index contributed by atoms with van der Waals surface area (Å²) in [6.07, 6.45) is 5.03. The number of ether oxygens (including phenoxy) is 2. The summed E-state index contributed by atoms with van der Waals surface area (Å²) in [5.41, 5.74) is 1.64. The molecule has 0 unspecified atom stereocenters. The highest BCUT2D eigenvalue weighted by Gasteiger charge is 2.48. The van der Waals surface area contributed by atoms with Crippen molar-refractivity contribution < 1.29 is 28.7 Å². The van der Waals surface area contributed by atoms with Crippen LogP contribution in [0.25, 0.3) is 0 Å². The number of hydrogen-bond donors (Lipinski definition) is 0. The predicted octanol–water partition coefficient (Wildman–Crippen LogP) is 4.07. The fourth-order valence-corrected chi connectivity index (χ4v) is 5.32. The van der Waals surface area contributed by atoms with Gasteiger partial charge in [0.05, 0.1) is 36.2 Å². The molecule has 0 bridgehead atoms. The molecule has 3 atom stereocenters. The summed E-state index contributed by atoms with van der Waals surface area (Å²) in [6, 6.07) is 9.78. The number of imide groups is 1. The number of carbonyl (C=O) groups is 4. The molecule has 3 amide bonds.